The summed E-state index contributed by atoms with van der Waals surface area (Å²) in [5.74, 6) is 0. The molecule has 1 heterocycles. The SMILES string of the molecule is CC.CCN1CCN(CCO)CC1. The maximum Gasteiger partial charge on any atom is 0.0558 e. The number of β-amino-alcohol motifs (C(OH)–C–C–N with tert-alkyl or cyclic N) is 1. The lowest BCUT2D eigenvalue weighted by Crippen LogP contribution is -2.46. The molecule has 80 valence electrons. The van der Waals surface area contributed by atoms with Crippen molar-refractivity contribution in [1.82, 2.24) is 9.80 Å². The van der Waals surface area contributed by atoms with Gasteiger partial charge in [0.1, 0.15) is 0 Å². The van der Waals surface area contributed by atoms with Crippen LogP contribution in [0.3, 0.4) is 0 Å². The van der Waals surface area contributed by atoms with Gasteiger partial charge in [0.25, 0.3) is 0 Å². The maximum absolute atomic E-state index is 8.69. The fraction of sp³-hybridized carbons (Fsp3) is 1.00. The van der Waals surface area contributed by atoms with Crippen LogP contribution in [0.1, 0.15) is 20.8 Å². The van der Waals surface area contributed by atoms with Gasteiger partial charge in [-0.15, -0.1) is 0 Å². The van der Waals surface area contributed by atoms with E-state index >= 15 is 0 Å². The number of hydrogen-bond acceptors (Lipinski definition) is 3. The Labute approximate surface area is 82.3 Å². The van der Waals surface area contributed by atoms with E-state index in [1.165, 1.54) is 0 Å². The first-order chi connectivity index (χ1) is 6.36. The molecule has 13 heavy (non-hydrogen) atoms. The topological polar surface area (TPSA) is 26.7 Å². The zero-order valence-corrected chi connectivity index (χ0v) is 9.29. The Bertz CT molecular complexity index is 101. The molecule has 3 heteroatoms. The van der Waals surface area contributed by atoms with Crippen LogP contribution < -0.4 is 0 Å². The van der Waals surface area contributed by atoms with Gasteiger partial charge in [0.05, 0.1) is 6.61 Å². The van der Waals surface area contributed by atoms with Gasteiger partial charge in [-0.25, -0.2) is 0 Å². The molecule has 0 aromatic carbocycles. The van der Waals surface area contributed by atoms with Crippen molar-refractivity contribution in [3.63, 3.8) is 0 Å². The average Bonchev–Trinajstić information content (AvgIpc) is 2.23. The Balaban J connectivity index is 0.000000671. The van der Waals surface area contributed by atoms with E-state index in [9.17, 15) is 0 Å². The summed E-state index contributed by atoms with van der Waals surface area (Å²) in [4.78, 5) is 4.75. The summed E-state index contributed by atoms with van der Waals surface area (Å²) in [5, 5.41) is 8.69. The largest absolute Gasteiger partial charge is 0.395 e. The van der Waals surface area contributed by atoms with Crippen LogP contribution in [0.25, 0.3) is 0 Å². The molecule has 0 atom stereocenters. The Hall–Kier alpha value is -0.120. The van der Waals surface area contributed by atoms with Crippen LogP contribution in [-0.4, -0.2) is 60.8 Å². The highest BCUT2D eigenvalue weighted by atomic mass is 16.3. The summed E-state index contributed by atoms with van der Waals surface area (Å²) >= 11 is 0. The molecule has 0 aliphatic carbocycles. The van der Waals surface area contributed by atoms with E-state index in [1.54, 1.807) is 0 Å². The number of nitrogens with zero attached hydrogens (tertiary/aromatic N) is 2. The van der Waals surface area contributed by atoms with Crippen LogP contribution in [0.5, 0.6) is 0 Å². The van der Waals surface area contributed by atoms with Crippen LogP contribution in [0.2, 0.25) is 0 Å². The van der Waals surface area contributed by atoms with Gasteiger partial charge < -0.3 is 10.0 Å². The Morgan fingerprint density at radius 1 is 1.00 bits per heavy atom. The van der Waals surface area contributed by atoms with Gasteiger partial charge in [0.15, 0.2) is 0 Å². The number of aliphatic hydroxyl groups is 1. The van der Waals surface area contributed by atoms with E-state index in [-0.39, 0.29) is 0 Å². The van der Waals surface area contributed by atoms with Crippen molar-refractivity contribution in [2.45, 2.75) is 20.8 Å². The Morgan fingerprint density at radius 3 is 1.85 bits per heavy atom. The second-order valence-electron chi connectivity index (χ2n) is 3.00. The van der Waals surface area contributed by atoms with Gasteiger partial charge in [-0.3, -0.25) is 4.90 Å². The van der Waals surface area contributed by atoms with Crippen molar-refractivity contribution in [3.05, 3.63) is 0 Å². The molecule has 0 aromatic rings. The number of rotatable bonds is 3. The highest BCUT2D eigenvalue weighted by Gasteiger charge is 2.13. The van der Waals surface area contributed by atoms with Crippen LogP contribution in [0.15, 0.2) is 0 Å². The second-order valence-corrected chi connectivity index (χ2v) is 3.00. The van der Waals surface area contributed by atoms with Gasteiger partial charge in [-0.1, -0.05) is 20.8 Å². The third-order valence-electron chi connectivity index (χ3n) is 2.33. The summed E-state index contributed by atoms with van der Waals surface area (Å²) in [7, 11) is 0. The molecular formula is C10H24N2O. The van der Waals surface area contributed by atoms with E-state index in [1.807, 2.05) is 13.8 Å². The van der Waals surface area contributed by atoms with E-state index in [4.69, 9.17) is 5.11 Å². The molecule has 1 aliphatic rings. The van der Waals surface area contributed by atoms with Crippen LogP contribution in [-0.2, 0) is 0 Å². The minimum Gasteiger partial charge on any atom is -0.395 e. The predicted molar refractivity (Wildman–Crippen MR) is 57.0 cm³/mol. The fourth-order valence-corrected chi connectivity index (χ4v) is 1.47. The first-order valence-electron chi connectivity index (χ1n) is 5.42. The van der Waals surface area contributed by atoms with Gasteiger partial charge >= 0.3 is 0 Å². The average molecular weight is 188 g/mol. The van der Waals surface area contributed by atoms with Crippen molar-refractivity contribution in [2.75, 3.05) is 45.9 Å². The first kappa shape index (κ1) is 12.9. The van der Waals surface area contributed by atoms with Gasteiger partial charge in [-0.05, 0) is 6.54 Å². The predicted octanol–water partition coefficient (Wildman–Crippen LogP) is 0.642. The lowest BCUT2D eigenvalue weighted by atomic mass is 10.3. The highest BCUT2D eigenvalue weighted by molar-refractivity contribution is 4.69. The molecule has 1 fully saturated rings. The lowest BCUT2D eigenvalue weighted by molar-refractivity contribution is 0.116. The maximum atomic E-state index is 8.69. The molecule has 0 aromatic heterocycles. The van der Waals surface area contributed by atoms with E-state index in [0.717, 1.165) is 39.3 Å². The minimum atomic E-state index is 0.298. The number of likely N-dealkylation sites (N-methyl/N-ethyl adjacent to an activating group) is 1. The van der Waals surface area contributed by atoms with Crippen molar-refractivity contribution < 1.29 is 5.11 Å². The van der Waals surface area contributed by atoms with E-state index in [2.05, 4.69) is 16.7 Å². The van der Waals surface area contributed by atoms with Crippen LogP contribution >= 0.6 is 0 Å². The summed E-state index contributed by atoms with van der Waals surface area (Å²) in [6, 6.07) is 0. The minimum absolute atomic E-state index is 0.298. The third kappa shape index (κ3) is 5.24. The number of hydrogen-bond donors (Lipinski definition) is 1. The van der Waals surface area contributed by atoms with Crippen molar-refractivity contribution in [1.29, 1.82) is 0 Å². The van der Waals surface area contributed by atoms with Crippen LogP contribution in [0.4, 0.5) is 0 Å². The molecule has 1 aliphatic heterocycles. The summed E-state index contributed by atoms with van der Waals surface area (Å²) in [6.45, 7) is 13.1. The van der Waals surface area contributed by atoms with Gasteiger partial charge in [-0.2, -0.15) is 0 Å². The molecule has 1 saturated heterocycles. The number of piperazine rings is 1. The third-order valence-corrected chi connectivity index (χ3v) is 2.33. The number of aliphatic hydroxyl groups excluding tert-OH is 1. The molecule has 0 unspecified atom stereocenters. The van der Waals surface area contributed by atoms with Gasteiger partial charge in [0, 0.05) is 32.7 Å². The summed E-state index contributed by atoms with van der Waals surface area (Å²) in [5.41, 5.74) is 0. The molecule has 0 spiro atoms. The molecule has 0 amide bonds. The highest BCUT2D eigenvalue weighted by Crippen LogP contribution is 1.99. The standard InChI is InChI=1S/C8H18N2O.C2H6/c1-2-9-3-5-10(6-4-9)7-8-11;1-2/h11H,2-8H2,1H3;1-2H3. The van der Waals surface area contributed by atoms with E-state index < -0.39 is 0 Å². The zero-order chi connectivity index (χ0) is 10.1. The van der Waals surface area contributed by atoms with Gasteiger partial charge in [0.2, 0.25) is 0 Å². The second kappa shape index (κ2) is 8.48. The summed E-state index contributed by atoms with van der Waals surface area (Å²) in [6.07, 6.45) is 0. The zero-order valence-electron chi connectivity index (χ0n) is 9.29. The molecule has 1 rings (SSSR count). The first-order valence-corrected chi connectivity index (χ1v) is 5.42. The fourth-order valence-electron chi connectivity index (χ4n) is 1.47. The Kier molecular flexibility index (Phi) is 8.40. The summed E-state index contributed by atoms with van der Waals surface area (Å²) < 4.78 is 0. The normalized spacial score (nSPS) is 19.4. The van der Waals surface area contributed by atoms with Crippen LogP contribution in [0, 0.1) is 0 Å². The quantitative estimate of drug-likeness (QED) is 0.704. The lowest BCUT2D eigenvalue weighted by Gasteiger charge is -2.33. The van der Waals surface area contributed by atoms with Crippen molar-refractivity contribution in [2.24, 2.45) is 0 Å². The van der Waals surface area contributed by atoms with Crippen molar-refractivity contribution >= 4 is 0 Å². The molecule has 0 bridgehead atoms. The van der Waals surface area contributed by atoms with Crippen molar-refractivity contribution in [3.8, 4) is 0 Å². The molecule has 0 radical (unpaired) electrons. The Morgan fingerprint density at radius 2 is 1.46 bits per heavy atom. The monoisotopic (exact) mass is 188 g/mol. The molecule has 3 nitrogen and oxygen atoms in total. The van der Waals surface area contributed by atoms with E-state index in [0.29, 0.717) is 6.61 Å². The molecular weight excluding hydrogens is 164 g/mol. The smallest absolute Gasteiger partial charge is 0.0558 e. The molecule has 1 N–H and O–H groups in total. The molecule has 0 saturated carbocycles.